The van der Waals surface area contributed by atoms with Crippen LogP contribution in [0.3, 0.4) is 0 Å². The van der Waals surface area contributed by atoms with E-state index in [4.69, 9.17) is 9.47 Å². The first kappa shape index (κ1) is 16.7. The van der Waals surface area contributed by atoms with Gasteiger partial charge in [-0.15, -0.1) is 0 Å². The fraction of sp³-hybridized carbons (Fsp3) is 0.650. The molecule has 0 unspecified atom stereocenters. The first-order chi connectivity index (χ1) is 12.1. The van der Waals surface area contributed by atoms with Crippen LogP contribution in [0.4, 0.5) is 5.69 Å². The summed E-state index contributed by atoms with van der Waals surface area (Å²) in [5, 5.41) is 6.59. The lowest BCUT2D eigenvalue weighted by Crippen LogP contribution is -2.59. The van der Waals surface area contributed by atoms with Gasteiger partial charge in [-0.05, 0) is 68.4 Å². The summed E-state index contributed by atoms with van der Waals surface area (Å²) in [6.07, 6.45) is 7.97. The van der Waals surface area contributed by atoms with Crippen LogP contribution in [0.1, 0.15) is 38.5 Å². The monoisotopic (exact) mass is 344 g/mol. The summed E-state index contributed by atoms with van der Waals surface area (Å²) in [6, 6.07) is 5.42. The third-order valence-electron chi connectivity index (χ3n) is 6.34. The van der Waals surface area contributed by atoms with Gasteiger partial charge in [-0.1, -0.05) is 0 Å². The minimum atomic E-state index is -0.0256. The topological polar surface area (TPSA) is 59.6 Å². The lowest BCUT2D eigenvalue weighted by Gasteiger charge is -2.57. The molecular formula is C20H28N2O3. The van der Waals surface area contributed by atoms with E-state index < -0.39 is 0 Å². The number of methoxy groups -OCH3 is 2. The number of benzene rings is 1. The zero-order valence-electron chi connectivity index (χ0n) is 15.1. The lowest BCUT2D eigenvalue weighted by molar-refractivity contribution is -0.116. The summed E-state index contributed by atoms with van der Waals surface area (Å²) >= 11 is 0. The van der Waals surface area contributed by atoms with Crippen LogP contribution < -0.4 is 20.1 Å². The minimum absolute atomic E-state index is 0.0256. The van der Waals surface area contributed by atoms with Crippen molar-refractivity contribution in [1.29, 1.82) is 0 Å². The highest BCUT2D eigenvalue weighted by Gasteiger charge is 2.50. The Bertz CT molecular complexity index is 623. The van der Waals surface area contributed by atoms with Gasteiger partial charge in [0.1, 0.15) is 11.5 Å². The van der Waals surface area contributed by atoms with Crippen LogP contribution in [0.15, 0.2) is 18.2 Å². The van der Waals surface area contributed by atoms with E-state index in [0.717, 1.165) is 17.8 Å². The molecule has 136 valence electrons. The van der Waals surface area contributed by atoms with Crippen molar-refractivity contribution in [3.8, 4) is 11.5 Å². The SMILES string of the molecule is COc1ccc(OC)c(NC(=O)CNC23CC4CC(CC(C4)C2)C3)c1. The lowest BCUT2D eigenvalue weighted by atomic mass is 9.53. The molecule has 4 bridgehead atoms. The molecule has 0 atom stereocenters. The molecule has 0 spiro atoms. The minimum Gasteiger partial charge on any atom is -0.497 e. The average Bonchev–Trinajstić information content (AvgIpc) is 2.59. The van der Waals surface area contributed by atoms with Crippen molar-refractivity contribution < 1.29 is 14.3 Å². The first-order valence-electron chi connectivity index (χ1n) is 9.36. The molecule has 1 amide bonds. The second kappa shape index (κ2) is 6.52. The summed E-state index contributed by atoms with van der Waals surface area (Å²) in [5.41, 5.74) is 0.851. The Morgan fingerprint density at radius 1 is 1.08 bits per heavy atom. The summed E-state index contributed by atoms with van der Waals surface area (Å²) in [5.74, 6) is 3.94. The van der Waals surface area contributed by atoms with Crippen molar-refractivity contribution in [3.63, 3.8) is 0 Å². The van der Waals surface area contributed by atoms with E-state index in [0.29, 0.717) is 23.7 Å². The number of amides is 1. The molecule has 0 radical (unpaired) electrons. The van der Waals surface area contributed by atoms with E-state index in [2.05, 4.69) is 10.6 Å². The van der Waals surface area contributed by atoms with E-state index in [1.165, 1.54) is 38.5 Å². The normalized spacial score (nSPS) is 32.5. The average molecular weight is 344 g/mol. The third kappa shape index (κ3) is 3.34. The Kier molecular flexibility index (Phi) is 4.36. The molecule has 4 aliphatic carbocycles. The summed E-state index contributed by atoms with van der Waals surface area (Å²) in [4.78, 5) is 12.5. The number of rotatable bonds is 6. The standard InChI is InChI=1S/C20H28N2O3/c1-24-16-3-4-18(25-2)17(8-16)22-19(23)12-21-20-9-13-5-14(10-20)7-15(6-13)11-20/h3-4,8,13-15,21H,5-7,9-12H2,1-2H3,(H,22,23). The highest BCUT2D eigenvalue weighted by molar-refractivity contribution is 5.94. The van der Waals surface area contributed by atoms with Gasteiger partial charge in [0.2, 0.25) is 5.91 Å². The Labute approximate surface area is 149 Å². The molecule has 4 fully saturated rings. The van der Waals surface area contributed by atoms with Gasteiger partial charge in [-0.25, -0.2) is 0 Å². The number of carbonyl (C=O) groups excluding carboxylic acids is 1. The van der Waals surface area contributed by atoms with Crippen LogP contribution in [0.25, 0.3) is 0 Å². The molecule has 4 saturated carbocycles. The highest BCUT2D eigenvalue weighted by Crippen LogP contribution is 2.55. The molecule has 1 aromatic carbocycles. The second-order valence-corrected chi connectivity index (χ2v) is 8.17. The molecule has 2 N–H and O–H groups in total. The molecular weight excluding hydrogens is 316 g/mol. The summed E-state index contributed by atoms with van der Waals surface area (Å²) < 4.78 is 10.6. The van der Waals surface area contributed by atoms with E-state index in [1.54, 1.807) is 26.4 Å². The van der Waals surface area contributed by atoms with Gasteiger partial charge in [0.25, 0.3) is 0 Å². The van der Waals surface area contributed by atoms with Crippen LogP contribution in [0.5, 0.6) is 11.5 Å². The molecule has 0 aliphatic heterocycles. The Morgan fingerprint density at radius 2 is 1.72 bits per heavy atom. The van der Waals surface area contributed by atoms with Crippen molar-refractivity contribution >= 4 is 11.6 Å². The number of nitrogens with one attached hydrogen (secondary N) is 2. The van der Waals surface area contributed by atoms with Crippen molar-refractivity contribution in [2.24, 2.45) is 17.8 Å². The molecule has 25 heavy (non-hydrogen) atoms. The summed E-state index contributed by atoms with van der Waals surface area (Å²) in [7, 11) is 3.22. The maximum absolute atomic E-state index is 12.5. The molecule has 5 heteroatoms. The van der Waals surface area contributed by atoms with Gasteiger partial charge >= 0.3 is 0 Å². The number of anilines is 1. The zero-order chi connectivity index (χ0) is 17.4. The van der Waals surface area contributed by atoms with Crippen LogP contribution in [0.2, 0.25) is 0 Å². The van der Waals surface area contributed by atoms with Crippen LogP contribution in [-0.2, 0) is 4.79 Å². The molecule has 0 aromatic heterocycles. The van der Waals surface area contributed by atoms with Crippen molar-refractivity contribution in [3.05, 3.63) is 18.2 Å². The second-order valence-electron chi connectivity index (χ2n) is 8.17. The van der Waals surface area contributed by atoms with Crippen LogP contribution in [-0.4, -0.2) is 32.2 Å². The summed E-state index contributed by atoms with van der Waals surface area (Å²) in [6.45, 7) is 0.354. The Hall–Kier alpha value is -1.75. The van der Waals surface area contributed by atoms with E-state index in [9.17, 15) is 4.79 Å². The van der Waals surface area contributed by atoms with Gasteiger partial charge in [0.05, 0.1) is 26.5 Å². The predicted molar refractivity (Wildman–Crippen MR) is 97.1 cm³/mol. The van der Waals surface area contributed by atoms with Crippen molar-refractivity contribution in [1.82, 2.24) is 5.32 Å². The number of hydrogen-bond donors (Lipinski definition) is 2. The van der Waals surface area contributed by atoms with Gasteiger partial charge in [-0.3, -0.25) is 4.79 Å². The van der Waals surface area contributed by atoms with Crippen molar-refractivity contribution in [2.75, 3.05) is 26.1 Å². The van der Waals surface area contributed by atoms with E-state index in [-0.39, 0.29) is 11.4 Å². The maximum atomic E-state index is 12.5. The largest absolute Gasteiger partial charge is 0.497 e. The van der Waals surface area contributed by atoms with Gasteiger partial charge in [0.15, 0.2) is 0 Å². The quantitative estimate of drug-likeness (QED) is 0.832. The molecule has 5 nitrogen and oxygen atoms in total. The van der Waals surface area contributed by atoms with Gasteiger partial charge in [0, 0.05) is 11.6 Å². The zero-order valence-corrected chi connectivity index (χ0v) is 15.1. The highest BCUT2D eigenvalue weighted by atomic mass is 16.5. The van der Waals surface area contributed by atoms with Crippen molar-refractivity contribution in [2.45, 2.75) is 44.1 Å². The third-order valence-corrected chi connectivity index (χ3v) is 6.34. The van der Waals surface area contributed by atoms with Crippen LogP contribution >= 0.6 is 0 Å². The number of ether oxygens (including phenoxy) is 2. The Morgan fingerprint density at radius 3 is 2.28 bits per heavy atom. The van der Waals surface area contributed by atoms with E-state index in [1.807, 2.05) is 6.07 Å². The fourth-order valence-electron chi connectivity index (χ4n) is 5.70. The van der Waals surface area contributed by atoms with Gasteiger partial charge < -0.3 is 20.1 Å². The molecule has 0 heterocycles. The number of carbonyl (C=O) groups is 1. The molecule has 4 aliphatic rings. The fourth-order valence-corrected chi connectivity index (χ4v) is 5.70. The van der Waals surface area contributed by atoms with Gasteiger partial charge in [-0.2, -0.15) is 0 Å². The van der Waals surface area contributed by atoms with E-state index >= 15 is 0 Å². The maximum Gasteiger partial charge on any atom is 0.238 e. The number of hydrogen-bond acceptors (Lipinski definition) is 4. The predicted octanol–water partition coefficient (Wildman–Crippen LogP) is 3.20. The smallest absolute Gasteiger partial charge is 0.238 e. The molecule has 0 saturated heterocycles. The first-order valence-corrected chi connectivity index (χ1v) is 9.36. The van der Waals surface area contributed by atoms with Crippen LogP contribution in [0, 0.1) is 17.8 Å². The molecule has 5 rings (SSSR count). The Balaban J connectivity index is 1.38. The molecule has 1 aromatic rings.